The molecule has 94 valence electrons. The maximum Gasteiger partial charge on any atom is 0.305 e. The van der Waals surface area contributed by atoms with Crippen molar-refractivity contribution in [3.63, 3.8) is 0 Å². The van der Waals surface area contributed by atoms with Gasteiger partial charge in [-0.25, -0.2) is 0 Å². The van der Waals surface area contributed by atoms with E-state index in [1.54, 1.807) is 11.8 Å². The van der Waals surface area contributed by atoms with Crippen LogP contribution < -0.4 is 0 Å². The summed E-state index contributed by atoms with van der Waals surface area (Å²) in [6.07, 6.45) is -0.554. The minimum absolute atomic E-state index is 0.0328. The molecular weight excluding hydrogens is 210 g/mol. The molecule has 16 heavy (non-hydrogen) atoms. The third-order valence-corrected chi connectivity index (χ3v) is 2.19. The van der Waals surface area contributed by atoms with Gasteiger partial charge in [0.15, 0.2) is 0 Å². The van der Waals surface area contributed by atoms with Crippen LogP contribution in [0.15, 0.2) is 0 Å². The van der Waals surface area contributed by atoms with Gasteiger partial charge in [0.1, 0.15) is 6.10 Å². The Labute approximate surface area is 96.4 Å². The lowest BCUT2D eigenvalue weighted by molar-refractivity contribution is -0.143. The Hall–Kier alpha value is -1.10. The molecule has 0 aromatic rings. The van der Waals surface area contributed by atoms with E-state index in [-0.39, 0.29) is 18.9 Å². The fourth-order valence-electron chi connectivity index (χ4n) is 1.32. The molecule has 0 heterocycles. The van der Waals surface area contributed by atoms with E-state index in [1.807, 2.05) is 13.8 Å². The lowest BCUT2D eigenvalue weighted by Crippen LogP contribution is -2.41. The lowest BCUT2D eigenvalue weighted by Gasteiger charge is -2.26. The second kappa shape index (κ2) is 7.22. The van der Waals surface area contributed by atoms with Crippen molar-refractivity contribution in [2.45, 2.75) is 33.3 Å². The molecule has 5 heteroatoms. The Morgan fingerprint density at radius 3 is 2.25 bits per heavy atom. The maximum atomic E-state index is 11.8. The normalized spacial score (nSPS) is 12.6. The third-order valence-electron chi connectivity index (χ3n) is 2.19. The first-order valence-corrected chi connectivity index (χ1v) is 5.41. The highest BCUT2D eigenvalue weighted by Gasteiger charge is 2.21. The van der Waals surface area contributed by atoms with Crippen LogP contribution in [0, 0.1) is 5.92 Å². The molecule has 0 saturated heterocycles. The van der Waals surface area contributed by atoms with Crippen molar-refractivity contribution in [3.8, 4) is 0 Å². The van der Waals surface area contributed by atoms with Crippen LogP contribution in [0.25, 0.3) is 0 Å². The first kappa shape index (κ1) is 14.9. The van der Waals surface area contributed by atoms with Gasteiger partial charge in [-0.2, -0.15) is 0 Å². The fraction of sp³-hybridized carbons (Fsp3) is 0.818. The van der Waals surface area contributed by atoms with Crippen LogP contribution in [-0.2, 0) is 14.3 Å². The summed E-state index contributed by atoms with van der Waals surface area (Å²) in [6.45, 7) is 6.42. The number of carboxylic acid groups (broad SMARTS) is 1. The van der Waals surface area contributed by atoms with Gasteiger partial charge in [0.05, 0.1) is 6.42 Å². The highest BCUT2D eigenvalue weighted by molar-refractivity contribution is 5.81. The summed E-state index contributed by atoms with van der Waals surface area (Å²) in [5.41, 5.74) is 0. The molecule has 1 unspecified atom stereocenters. The molecule has 5 nitrogen and oxygen atoms in total. The molecule has 0 aromatic carbocycles. The van der Waals surface area contributed by atoms with Crippen molar-refractivity contribution in [3.05, 3.63) is 0 Å². The molecule has 0 fully saturated rings. The number of carbonyl (C=O) groups excluding carboxylic acids is 1. The molecular formula is C11H21NO4. The Morgan fingerprint density at radius 2 is 1.88 bits per heavy atom. The van der Waals surface area contributed by atoms with E-state index < -0.39 is 12.1 Å². The van der Waals surface area contributed by atoms with E-state index in [1.165, 1.54) is 7.11 Å². The number of amides is 1. The number of hydrogen-bond donors (Lipinski definition) is 1. The van der Waals surface area contributed by atoms with Gasteiger partial charge in [-0.1, -0.05) is 13.8 Å². The quantitative estimate of drug-likeness (QED) is 0.709. The van der Waals surface area contributed by atoms with Gasteiger partial charge < -0.3 is 14.7 Å². The molecule has 0 aliphatic carbocycles. The highest BCUT2D eigenvalue weighted by Crippen LogP contribution is 2.04. The topological polar surface area (TPSA) is 66.8 Å². The summed E-state index contributed by atoms with van der Waals surface area (Å²) >= 11 is 0. The van der Waals surface area contributed by atoms with E-state index in [9.17, 15) is 9.59 Å². The molecule has 0 bridgehead atoms. The summed E-state index contributed by atoms with van der Waals surface area (Å²) in [4.78, 5) is 23.9. The number of aliphatic carboxylic acids is 1. The van der Waals surface area contributed by atoms with Crippen LogP contribution in [0.3, 0.4) is 0 Å². The van der Waals surface area contributed by atoms with Crippen LogP contribution in [0.2, 0.25) is 0 Å². The van der Waals surface area contributed by atoms with Gasteiger partial charge in [-0.3, -0.25) is 9.59 Å². The summed E-state index contributed by atoms with van der Waals surface area (Å²) in [6, 6.07) is 0. The number of carbonyl (C=O) groups is 2. The van der Waals surface area contributed by atoms with Crippen molar-refractivity contribution in [2.75, 3.05) is 20.2 Å². The molecule has 1 atom stereocenters. The average molecular weight is 231 g/mol. The molecule has 0 radical (unpaired) electrons. The summed E-state index contributed by atoms with van der Waals surface area (Å²) < 4.78 is 4.94. The first-order chi connectivity index (χ1) is 7.38. The molecule has 0 aliphatic rings. The molecule has 0 rings (SSSR count). The van der Waals surface area contributed by atoms with Crippen LogP contribution in [0.5, 0.6) is 0 Å². The number of hydrogen-bond acceptors (Lipinski definition) is 3. The number of rotatable bonds is 7. The van der Waals surface area contributed by atoms with Crippen LogP contribution in [-0.4, -0.2) is 48.2 Å². The summed E-state index contributed by atoms with van der Waals surface area (Å²) in [5, 5.41) is 8.60. The van der Waals surface area contributed by atoms with Crippen LogP contribution >= 0.6 is 0 Å². The zero-order chi connectivity index (χ0) is 12.7. The molecule has 0 aromatic heterocycles. The fourth-order valence-corrected chi connectivity index (χ4v) is 1.32. The Balaban J connectivity index is 4.40. The predicted octanol–water partition coefficient (Wildman–Crippen LogP) is 0.981. The van der Waals surface area contributed by atoms with Crippen molar-refractivity contribution in [2.24, 2.45) is 5.92 Å². The minimum Gasteiger partial charge on any atom is -0.481 e. The number of methoxy groups -OCH3 is 1. The lowest BCUT2D eigenvalue weighted by atomic mass is 10.2. The van der Waals surface area contributed by atoms with Crippen molar-refractivity contribution in [1.82, 2.24) is 4.90 Å². The molecule has 1 amide bonds. The highest BCUT2D eigenvalue weighted by atomic mass is 16.5. The molecule has 0 saturated carbocycles. The van der Waals surface area contributed by atoms with Gasteiger partial charge in [0.25, 0.3) is 5.91 Å². The minimum atomic E-state index is -0.897. The second-order valence-electron chi connectivity index (χ2n) is 4.20. The SMILES string of the molecule is COC(C)C(=O)N(CCC(=O)O)CC(C)C. The second-order valence-corrected chi connectivity index (χ2v) is 4.20. The first-order valence-electron chi connectivity index (χ1n) is 5.41. The van der Waals surface area contributed by atoms with Gasteiger partial charge in [0.2, 0.25) is 0 Å². The predicted molar refractivity (Wildman–Crippen MR) is 60.1 cm³/mol. The van der Waals surface area contributed by atoms with Crippen molar-refractivity contribution in [1.29, 1.82) is 0 Å². The molecule has 1 N–H and O–H groups in total. The molecule has 0 aliphatic heterocycles. The number of ether oxygens (including phenoxy) is 1. The van der Waals surface area contributed by atoms with E-state index in [4.69, 9.17) is 9.84 Å². The standard InChI is InChI=1S/C11H21NO4/c1-8(2)7-12(6-5-10(13)14)11(15)9(3)16-4/h8-9H,5-7H2,1-4H3,(H,13,14). The zero-order valence-electron chi connectivity index (χ0n) is 10.4. The Morgan fingerprint density at radius 1 is 1.31 bits per heavy atom. The monoisotopic (exact) mass is 231 g/mol. The Bertz CT molecular complexity index is 240. The zero-order valence-corrected chi connectivity index (χ0v) is 10.4. The maximum absolute atomic E-state index is 11.8. The van der Waals surface area contributed by atoms with Crippen molar-refractivity contribution < 1.29 is 19.4 Å². The van der Waals surface area contributed by atoms with E-state index in [0.29, 0.717) is 12.5 Å². The Kier molecular flexibility index (Phi) is 6.72. The van der Waals surface area contributed by atoms with Gasteiger partial charge in [0, 0.05) is 20.2 Å². The van der Waals surface area contributed by atoms with Crippen LogP contribution in [0.1, 0.15) is 27.2 Å². The summed E-state index contributed by atoms with van der Waals surface area (Å²) in [5.74, 6) is -0.745. The largest absolute Gasteiger partial charge is 0.481 e. The van der Waals surface area contributed by atoms with Gasteiger partial charge >= 0.3 is 5.97 Å². The van der Waals surface area contributed by atoms with E-state index in [2.05, 4.69) is 0 Å². The van der Waals surface area contributed by atoms with Crippen molar-refractivity contribution >= 4 is 11.9 Å². The van der Waals surface area contributed by atoms with E-state index >= 15 is 0 Å². The smallest absolute Gasteiger partial charge is 0.305 e. The summed E-state index contributed by atoms with van der Waals surface area (Å²) in [7, 11) is 1.47. The van der Waals surface area contributed by atoms with Gasteiger partial charge in [-0.05, 0) is 12.8 Å². The van der Waals surface area contributed by atoms with E-state index in [0.717, 1.165) is 0 Å². The van der Waals surface area contributed by atoms with Gasteiger partial charge in [-0.15, -0.1) is 0 Å². The number of carboxylic acids is 1. The third kappa shape index (κ3) is 5.70. The molecule has 0 spiro atoms. The van der Waals surface area contributed by atoms with Crippen LogP contribution in [0.4, 0.5) is 0 Å². The average Bonchev–Trinajstić information content (AvgIpc) is 2.21. The number of nitrogens with zero attached hydrogens (tertiary/aromatic N) is 1.